The van der Waals surface area contributed by atoms with Gasteiger partial charge in [-0.25, -0.2) is 0 Å². The second-order valence-electron chi connectivity index (χ2n) is 2.99. The smallest absolute Gasteiger partial charge is 0.307 e. The van der Waals surface area contributed by atoms with Crippen molar-refractivity contribution in [3.8, 4) is 0 Å². The normalized spacial score (nSPS) is 9.87. The van der Waals surface area contributed by atoms with Gasteiger partial charge in [0.15, 0.2) is 5.17 Å². The second-order valence-corrected chi connectivity index (χ2v) is 4.01. The van der Waals surface area contributed by atoms with Crippen LogP contribution in [-0.4, -0.2) is 16.2 Å². The molecule has 4 N–H and O–H groups in total. The third-order valence-corrected chi connectivity index (χ3v) is 2.61. The zero-order valence-corrected chi connectivity index (χ0v) is 8.88. The van der Waals surface area contributed by atoms with Crippen LogP contribution < -0.4 is 5.73 Å². The number of nitrogens with one attached hydrogen (secondary N) is 1. The first-order chi connectivity index (χ1) is 7.09. The topological polar surface area (TPSA) is 87.2 Å². The highest BCUT2D eigenvalue weighted by molar-refractivity contribution is 8.13. The number of hydrogen-bond acceptors (Lipinski definition) is 3. The lowest BCUT2D eigenvalue weighted by Crippen LogP contribution is -2.06. The molecule has 1 aromatic rings. The number of aliphatic carboxylic acids is 1. The van der Waals surface area contributed by atoms with Crippen molar-refractivity contribution in [3.05, 3.63) is 35.4 Å². The number of carbonyl (C=O) groups is 1. The third kappa shape index (κ3) is 4.03. The Morgan fingerprint density at radius 3 is 2.53 bits per heavy atom. The Kier molecular flexibility index (Phi) is 4.17. The van der Waals surface area contributed by atoms with E-state index in [4.69, 9.17) is 16.2 Å². The van der Waals surface area contributed by atoms with Gasteiger partial charge in [0.25, 0.3) is 0 Å². The lowest BCUT2D eigenvalue weighted by atomic mass is 10.1. The van der Waals surface area contributed by atoms with E-state index in [0.717, 1.165) is 11.1 Å². The van der Waals surface area contributed by atoms with Crippen molar-refractivity contribution in [2.75, 3.05) is 0 Å². The molecule has 0 bridgehead atoms. The SMILES string of the molecule is N=C(N)SCc1ccccc1CC(=O)O. The lowest BCUT2D eigenvalue weighted by molar-refractivity contribution is -0.136. The minimum atomic E-state index is -0.852. The highest BCUT2D eigenvalue weighted by atomic mass is 32.2. The average Bonchev–Trinajstić information content (AvgIpc) is 2.15. The second kappa shape index (κ2) is 5.41. The van der Waals surface area contributed by atoms with Gasteiger partial charge in [-0.2, -0.15) is 0 Å². The first-order valence-corrected chi connectivity index (χ1v) is 5.33. The Balaban J connectivity index is 2.76. The molecular formula is C10H12N2O2S. The van der Waals surface area contributed by atoms with Crippen molar-refractivity contribution in [3.63, 3.8) is 0 Å². The molecule has 0 radical (unpaired) electrons. The number of rotatable bonds is 4. The number of nitrogens with two attached hydrogens (primary N) is 1. The largest absolute Gasteiger partial charge is 0.481 e. The molecule has 0 fully saturated rings. The van der Waals surface area contributed by atoms with Crippen molar-refractivity contribution < 1.29 is 9.90 Å². The molecule has 0 spiro atoms. The molecule has 0 saturated carbocycles. The molecule has 15 heavy (non-hydrogen) atoms. The molecular weight excluding hydrogens is 212 g/mol. The summed E-state index contributed by atoms with van der Waals surface area (Å²) >= 11 is 1.19. The van der Waals surface area contributed by atoms with Crippen molar-refractivity contribution >= 4 is 22.9 Å². The third-order valence-electron chi connectivity index (χ3n) is 1.84. The van der Waals surface area contributed by atoms with Crippen LogP contribution in [0.2, 0.25) is 0 Å². The standard InChI is InChI=1S/C10H12N2O2S/c11-10(12)15-6-8-4-2-1-3-7(8)5-9(13)14/h1-4H,5-6H2,(H3,11,12)(H,13,14). The number of hydrogen-bond donors (Lipinski definition) is 3. The van der Waals surface area contributed by atoms with Crippen LogP contribution in [0.1, 0.15) is 11.1 Å². The average molecular weight is 224 g/mol. The van der Waals surface area contributed by atoms with E-state index in [0.29, 0.717) is 5.75 Å². The van der Waals surface area contributed by atoms with Gasteiger partial charge in [0.2, 0.25) is 0 Å². The molecule has 0 heterocycles. The van der Waals surface area contributed by atoms with E-state index in [2.05, 4.69) is 0 Å². The summed E-state index contributed by atoms with van der Waals surface area (Å²) in [7, 11) is 0. The summed E-state index contributed by atoms with van der Waals surface area (Å²) in [5.74, 6) is -0.311. The molecule has 5 heteroatoms. The van der Waals surface area contributed by atoms with Crippen LogP contribution in [-0.2, 0) is 17.0 Å². The predicted octanol–water partition coefficient (Wildman–Crippen LogP) is 1.44. The first-order valence-electron chi connectivity index (χ1n) is 4.35. The van der Waals surface area contributed by atoms with E-state index in [1.54, 1.807) is 12.1 Å². The molecule has 0 atom stereocenters. The van der Waals surface area contributed by atoms with Crippen LogP contribution in [0.5, 0.6) is 0 Å². The number of benzene rings is 1. The minimum Gasteiger partial charge on any atom is -0.481 e. The quantitative estimate of drug-likeness (QED) is 0.533. The molecule has 1 rings (SSSR count). The van der Waals surface area contributed by atoms with E-state index >= 15 is 0 Å². The molecule has 4 nitrogen and oxygen atoms in total. The number of carboxylic acid groups (broad SMARTS) is 1. The Morgan fingerprint density at radius 2 is 2.00 bits per heavy atom. The Hall–Kier alpha value is -1.49. The van der Waals surface area contributed by atoms with Gasteiger partial charge in [-0.1, -0.05) is 36.0 Å². The highest BCUT2D eigenvalue weighted by Gasteiger charge is 2.06. The van der Waals surface area contributed by atoms with Gasteiger partial charge >= 0.3 is 5.97 Å². The van der Waals surface area contributed by atoms with Crippen LogP contribution in [0.25, 0.3) is 0 Å². The lowest BCUT2D eigenvalue weighted by Gasteiger charge is -2.06. The van der Waals surface area contributed by atoms with Crippen molar-refractivity contribution in [2.24, 2.45) is 5.73 Å². The van der Waals surface area contributed by atoms with Crippen LogP contribution in [0.3, 0.4) is 0 Å². The van der Waals surface area contributed by atoms with Crippen molar-refractivity contribution in [1.82, 2.24) is 0 Å². The molecule has 0 aliphatic rings. The van der Waals surface area contributed by atoms with Gasteiger partial charge in [-0.3, -0.25) is 10.2 Å². The van der Waals surface area contributed by atoms with Gasteiger partial charge in [-0.15, -0.1) is 0 Å². The number of thioether (sulfide) groups is 1. The van der Waals surface area contributed by atoms with Crippen molar-refractivity contribution in [2.45, 2.75) is 12.2 Å². The molecule has 0 amide bonds. The summed E-state index contributed by atoms with van der Waals surface area (Å²) in [6.07, 6.45) is 0.00857. The summed E-state index contributed by atoms with van der Waals surface area (Å²) in [5, 5.41) is 15.8. The summed E-state index contributed by atoms with van der Waals surface area (Å²) < 4.78 is 0. The first kappa shape index (κ1) is 11.6. The minimum absolute atomic E-state index is 0.00857. The molecule has 1 aromatic carbocycles. The maximum absolute atomic E-state index is 10.6. The molecule has 0 saturated heterocycles. The van der Waals surface area contributed by atoms with Gasteiger partial charge in [0, 0.05) is 5.75 Å². The van der Waals surface area contributed by atoms with Gasteiger partial charge in [0.1, 0.15) is 0 Å². The Bertz CT molecular complexity index is 379. The molecule has 0 unspecified atom stereocenters. The van der Waals surface area contributed by atoms with Crippen molar-refractivity contribution in [1.29, 1.82) is 5.41 Å². The van der Waals surface area contributed by atoms with E-state index in [9.17, 15) is 4.79 Å². The Morgan fingerprint density at radius 1 is 1.40 bits per heavy atom. The molecule has 80 valence electrons. The maximum atomic E-state index is 10.6. The van der Waals surface area contributed by atoms with Gasteiger partial charge in [-0.05, 0) is 11.1 Å². The van der Waals surface area contributed by atoms with E-state index < -0.39 is 5.97 Å². The predicted molar refractivity (Wildman–Crippen MR) is 61.0 cm³/mol. The van der Waals surface area contributed by atoms with Gasteiger partial charge < -0.3 is 10.8 Å². The fourth-order valence-corrected chi connectivity index (χ4v) is 1.78. The Labute approximate surface area is 92.0 Å². The van der Waals surface area contributed by atoms with Crippen LogP contribution in [0.4, 0.5) is 0 Å². The highest BCUT2D eigenvalue weighted by Crippen LogP contribution is 2.16. The summed E-state index contributed by atoms with van der Waals surface area (Å²) in [6, 6.07) is 7.29. The summed E-state index contributed by atoms with van der Waals surface area (Å²) in [6.45, 7) is 0. The maximum Gasteiger partial charge on any atom is 0.307 e. The fourth-order valence-electron chi connectivity index (χ4n) is 1.19. The monoisotopic (exact) mass is 224 g/mol. The van der Waals surface area contributed by atoms with E-state index in [1.807, 2.05) is 12.1 Å². The summed E-state index contributed by atoms with van der Waals surface area (Å²) in [4.78, 5) is 10.6. The molecule has 0 aliphatic carbocycles. The zero-order valence-electron chi connectivity index (χ0n) is 8.06. The van der Waals surface area contributed by atoms with Gasteiger partial charge in [0.05, 0.1) is 6.42 Å². The fraction of sp³-hybridized carbons (Fsp3) is 0.200. The van der Waals surface area contributed by atoms with E-state index in [-0.39, 0.29) is 11.6 Å². The van der Waals surface area contributed by atoms with Crippen LogP contribution in [0, 0.1) is 5.41 Å². The number of amidine groups is 1. The number of carboxylic acids is 1. The molecule has 0 aromatic heterocycles. The van der Waals surface area contributed by atoms with E-state index in [1.165, 1.54) is 11.8 Å². The van der Waals surface area contributed by atoms with Crippen LogP contribution in [0.15, 0.2) is 24.3 Å². The van der Waals surface area contributed by atoms with Crippen LogP contribution >= 0.6 is 11.8 Å². The summed E-state index contributed by atoms with van der Waals surface area (Å²) in [5.41, 5.74) is 6.91. The molecule has 0 aliphatic heterocycles. The zero-order chi connectivity index (χ0) is 11.3.